The molecule has 1 fully saturated rings. The van der Waals surface area contributed by atoms with Crippen LogP contribution in [0.4, 0.5) is 0 Å². The van der Waals surface area contributed by atoms with E-state index in [0.717, 1.165) is 6.42 Å². The number of thiazole rings is 1. The third-order valence-corrected chi connectivity index (χ3v) is 7.19. The van der Waals surface area contributed by atoms with Crippen molar-refractivity contribution in [1.82, 2.24) is 8.87 Å². The quantitative estimate of drug-likeness (QED) is 0.804. The minimum Gasteiger partial charge on any atom is -0.327 e. The van der Waals surface area contributed by atoms with Crippen molar-refractivity contribution < 1.29 is 13.2 Å². The Morgan fingerprint density at radius 1 is 1.23 bits per heavy atom. The highest BCUT2D eigenvalue weighted by molar-refractivity contribution is 7.89. The van der Waals surface area contributed by atoms with Crippen molar-refractivity contribution in [2.24, 2.45) is 23.9 Å². The van der Waals surface area contributed by atoms with Gasteiger partial charge >= 0.3 is 0 Å². The molecule has 2 aromatic rings. The number of hydrogen-bond acceptors (Lipinski definition) is 4. The molecule has 0 N–H and O–H groups in total. The zero-order valence-corrected chi connectivity index (χ0v) is 16.8. The van der Waals surface area contributed by atoms with Gasteiger partial charge in [0.25, 0.3) is 5.91 Å². The molecule has 2 unspecified atom stereocenters. The molecule has 3 rings (SSSR count). The van der Waals surface area contributed by atoms with Gasteiger partial charge in [-0.05, 0) is 36.5 Å². The standard InChI is InChI=1S/C18H23N3O3S2/c1-13-9-14(2)12-21(11-13)26(23,24)16-6-4-5-15(10-16)17(22)19-18-20(3)7-8-25-18/h4-8,10,13-14H,9,11-12H2,1-3H3. The van der Waals surface area contributed by atoms with Crippen molar-refractivity contribution in [2.45, 2.75) is 25.2 Å². The first-order valence-electron chi connectivity index (χ1n) is 8.57. The Morgan fingerprint density at radius 2 is 1.92 bits per heavy atom. The molecule has 0 aliphatic carbocycles. The Kier molecular flexibility index (Phi) is 5.45. The summed E-state index contributed by atoms with van der Waals surface area (Å²) >= 11 is 1.35. The molecule has 6 nitrogen and oxygen atoms in total. The van der Waals surface area contributed by atoms with Crippen LogP contribution >= 0.6 is 11.3 Å². The summed E-state index contributed by atoms with van der Waals surface area (Å²) in [7, 11) is -1.81. The van der Waals surface area contributed by atoms with Crippen molar-refractivity contribution in [1.29, 1.82) is 0 Å². The summed E-state index contributed by atoms with van der Waals surface area (Å²) in [5, 5.41) is 1.84. The first-order valence-corrected chi connectivity index (χ1v) is 10.9. The normalized spacial score (nSPS) is 22.5. The van der Waals surface area contributed by atoms with Gasteiger partial charge in [-0.1, -0.05) is 19.9 Å². The van der Waals surface area contributed by atoms with Crippen LogP contribution in [0.1, 0.15) is 30.6 Å². The number of benzene rings is 1. The summed E-state index contributed by atoms with van der Waals surface area (Å²) in [6, 6.07) is 6.17. The molecule has 0 spiro atoms. The molecule has 1 saturated heterocycles. The lowest BCUT2D eigenvalue weighted by Gasteiger charge is -2.34. The van der Waals surface area contributed by atoms with E-state index in [-0.39, 0.29) is 10.5 Å². The smallest absolute Gasteiger partial charge is 0.279 e. The van der Waals surface area contributed by atoms with E-state index in [2.05, 4.69) is 18.8 Å². The molecule has 1 aliphatic rings. The summed E-state index contributed by atoms with van der Waals surface area (Å²) in [5.41, 5.74) is 0.276. The number of sulfonamides is 1. The second-order valence-electron chi connectivity index (χ2n) is 7.01. The van der Waals surface area contributed by atoms with Gasteiger partial charge in [-0.25, -0.2) is 8.42 Å². The SMILES string of the molecule is CC1CC(C)CN(S(=O)(=O)c2cccc(C(=O)N=c3sccn3C)c2)C1. The monoisotopic (exact) mass is 393 g/mol. The van der Waals surface area contributed by atoms with Gasteiger partial charge in [0, 0.05) is 37.3 Å². The summed E-state index contributed by atoms with van der Waals surface area (Å²) in [6.07, 6.45) is 2.84. The van der Waals surface area contributed by atoms with Crippen LogP contribution in [-0.4, -0.2) is 36.3 Å². The van der Waals surface area contributed by atoms with Gasteiger partial charge < -0.3 is 4.57 Å². The molecule has 140 valence electrons. The second kappa shape index (κ2) is 7.46. The average molecular weight is 394 g/mol. The van der Waals surface area contributed by atoms with Crippen molar-refractivity contribution in [3.05, 3.63) is 46.2 Å². The van der Waals surface area contributed by atoms with Crippen LogP contribution in [0.15, 0.2) is 45.7 Å². The summed E-state index contributed by atoms with van der Waals surface area (Å²) < 4.78 is 29.3. The van der Waals surface area contributed by atoms with Crippen LogP contribution in [0.2, 0.25) is 0 Å². The van der Waals surface area contributed by atoms with Crippen molar-refractivity contribution in [3.8, 4) is 0 Å². The van der Waals surface area contributed by atoms with Crippen LogP contribution in [-0.2, 0) is 17.1 Å². The average Bonchev–Trinajstić information content (AvgIpc) is 2.99. The van der Waals surface area contributed by atoms with E-state index in [1.54, 1.807) is 22.8 Å². The molecule has 1 amide bonds. The van der Waals surface area contributed by atoms with Crippen LogP contribution in [0.5, 0.6) is 0 Å². The lowest BCUT2D eigenvalue weighted by Crippen LogP contribution is -2.42. The van der Waals surface area contributed by atoms with Gasteiger partial charge in [0.2, 0.25) is 10.0 Å². The largest absolute Gasteiger partial charge is 0.327 e. The number of nitrogens with zero attached hydrogens (tertiary/aromatic N) is 3. The lowest BCUT2D eigenvalue weighted by molar-refractivity contribution is 0.0997. The number of hydrogen-bond donors (Lipinski definition) is 0. The van der Waals surface area contributed by atoms with Gasteiger partial charge in [0.15, 0.2) is 4.80 Å². The van der Waals surface area contributed by atoms with E-state index in [4.69, 9.17) is 0 Å². The third-order valence-electron chi connectivity index (χ3n) is 4.51. The zero-order chi connectivity index (χ0) is 18.9. The molecule has 0 radical (unpaired) electrons. The van der Waals surface area contributed by atoms with Crippen molar-refractivity contribution in [3.63, 3.8) is 0 Å². The Morgan fingerprint density at radius 3 is 2.54 bits per heavy atom. The van der Waals surface area contributed by atoms with Gasteiger partial charge in [-0.2, -0.15) is 9.30 Å². The van der Waals surface area contributed by atoms with Gasteiger partial charge in [-0.15, -0.1) is 11.3 Å². The molecule has 1 aromatic carbocycles. The molecule has 0 saturated carbocycles. The highest BCUT2D eigenvalue weighted by atomic mass is 32.2. The molecule has 1 aromatic heterocycles. The third kappa shape index (κ3) is 3.97. The lowest BCUT2D eigenvalue weighted by atomic mass is 9.94. The predicted molar refractivity (Wildman–Crippen MR) is 101 cm³/mol. The highest BCUT2D eigenvalue weighted by Crippen LogP contribution is 2.27. The number of carbonyl (C=O) groups excluding carboxylic acids is 1. The fourth-order valence-electron chi connectivity index (χ4n) is 3.33. The number of carbonyl (C=O) groups is 1. The van der Waals surface area contributed by atoms with E-state index in [0.29, 0.717) is 29.7 Å². The molecule has 0 bridgehead atoms. The van der Waals surface area contributed by atoms with E-state index in [9.17, 15) is 13.2 Å². The maximum Gasteiger partial charge on any atom is 0.279 e. The van der Waals surface area contributed by atoms with Crippen LogP contribution < -0.4 is 4.80 Å². The number of aryl methyl sites for hydroxylation is 1. The number of amides is 1. The zero-order valence-electron chi connectivity index (χ0n) is 15.1. The fourth-order valence-corrected chi connectivity index (χ4v) is 5.78. The van der Waals surface area contributed by atoms with E-state index >= 15 is 0 Å². The molecule has 26 heavy (non-hydrogen) atoms. The van der Waals surface area contributed by atoms with Crippen LogP contribution in [0, 0.1) is 11.8 Å². The molecule has 8 heteroatoms. The maximum atomic E-state index is 13.0. The molecule has 2 heterocycles. The summed E-state index contributed by atoms with van der Waals surface area (Å²) in [5.74, 6) is 0.208. The topological polar surface area (TPSA) is 71.7 Å². The minimum atomic E-state index is -3.62. The fraction of sp³-hybridized carbons (Fsp3) is 0.444. The van der Waals surface area contributed by atoms with Crippen molar-refractivity contribution in [2.75, 3.05) is 13.1 Å². The first kappa shape index (κ1) is 19.0. The summed E-state index contributed by atoms with van der Waals surface area (Å²) in [4.78, 5) is 17.2. The first-order chi connectivity index (χ1) is 12.3. The summed E-state index contributed by atoms with van der Waals surface area (Å²) in [6.45, 7) is 5.16. The van der Waals surface area contributed by atoms with Gasteiger partial charge in [0.05, 0.1) is 4.90 Å². The number of aromatic nitrogens is 1. The Bertz CT molecular complexity index is 965. The number of piperidine rings is 1. The van der Waals surface area contributed by atoms with E-state index < -0.39 is 15.9 Å². The predicted octanol–water partition coefficient (Wildman–Crippen LogP) is 2.49. The Labute approximate surface area is 157 Å². The van der Waals surface area contributed by atoms with Crippen molar-refractivity contribution >= 4 is 27.3 Å². The minimum absolute atomic E-state index is 0.149. The second-order valence-corrected chi connectivity index (χ2v) is 9.82. The molecule has 1 aliphatic heterocycles. The van der Waals surface area contributed by atoms with E-state index in [1.165, 1.54) is 21.7 Å². The molecular weight excluding hydrogens is 370 g/mol. The Hall–Kier alpha value is -1.77. The van der Waals surface area contributed by atoms with E-state index in [1.807, 2.05) is 18.6 Å². The maximum absolute atomic E-state index is 13.0. The Balaban J connectivity index is 1.91. The molecular formula is C18H23N3O3S2. The van der Waals surface area contributed by atoms with Crippen LogP contribution in [0.3, 0.4) is 0 Å². The number of rotatable bonds is 3. The highest BCUT2D eigenvalue weighted by Gasteiger charge is 2.31. The van der Waals surface area contributed by atoms with Crippen LogP contribution in [0.25, 0.3) is 0 Å². The van der Waals surface area contributed by atoms with Gasteiger partial charge in [0.1, 0.15) is 0 Å². The molecule has 2 atom stereocenters. The van der Waals surface area contributed by atoms with Gasteiger partial charge in [-0.3, -0.25) is 4.79 Å².